The molecule has 2 aromatic rings. The largest absolute Gasteiger partial charge is 0.399 e. The van der Waals surface area contributed by atoms with E-state index in [0.717, 1.165) is 36.9 Å². The maximum Gasteiger partial charge on any atom is 0.292 e. The van der Waals surface area contributed by atoms with Crippen LogP contribution in [0.4, 0.5) is 5.69 Å². The number of carbonyl (C=O) groups excluding carboxylic acids is 1. The third-order valence-corrected chi connectivity index (χ3v) is 4.16. The fraction of sp³-hybridized carbons (Fsp3) is 0.400. The van der Waals surface area contributed by atoms with Crippen LogP contribution in [0.15, 0.2) is 28.8 Å². The SMILES string of the molecule is Nc1ccc(C2(c3nc(C(=O)NC4CC4)no3)CC2)cc1. The molecular weight excluding hydrogens is 268 g/mol. The second-order valence-electron chi connectivity index (χ2n) is 5.87. The first-order chi connectivity index (χ1) is 10.2. The number of amides is 1. The lowest BCUT2D eigenvalue weighted by Gasteiger charge is -2.10. The molecule has 0 radical (unpaired) electrons. The highest BCUT2D eigenvalue weighted by atomic mass is 16.5. The molecular formula is C15H16N4O2. The third-order valence-electron chi connectivity index (χ3n) is 4.16. The van der Waals surface area contributed by atoms with Crippen molar-refractivity contribution in [3.63, 3.8) is 0 Å². The molecule has 0 spiro atoms. The number of carbonyl (C=O) groups is 1. The Morgan fingerprint density at radius 2 is 2.00 bits per heavy atom. The Hall–Kier alpha value is -2.37. The lowest BCUT2D eigenvalue weighted by molar-refractivity contribution is 0.0937. The van der Waals surface area contributed by atoms with Crippen LogP contribution < -0.4 is 11.1 Å². The van der Waals surface area contributed by atoms with Gasteiger partial charge in [0.1, 0.15) is 0 Å². The van der Waals surface area contributed by atoms with Crippen LogP contribution in [0.25, 0.3) is 0 Å². The second kappa shape index (κ2) is 4.31. The van der Waals surface area contributed by atoms with Crippen LogP contribution in [-0.4, -0.2) is 22.1 Å². The maximum atomic E-state index is 11.9. The van der Waals surface area contributed by atoms with Gasteiger partial charge in [-0.25, -0.2) is 0 Å². The van der Waals surface area contributed by atoms with Crippen molar-refractivity contribution in [2.45, 2.75) is 37.1 Å². The molecule has 2 saturated carbocycles. The molecule has 2 aliphatic rings. The molecule has 2 fully saturated rings. The Labute approximate surface area is 121 Å². The number of nitrogens with zero attached hydrogens (tertiary/aromatic N) is 2. The monoisotopic (exact) mass is 284 g/mol. The lowest BCUT2D eigenvalue weighted by Crippen LogP contribution is -2.26. The average molecular weight is 284 g/mol. The van der Waals surface area contributed by atoms with E-state index in [9.17, 15) is 4.79 Å². The van der Waals surface area contributed by atoms with E-state index >= 15 is 0 Å². The van der Waals surface area contributed by atoms with Crippen molar-refractivity contribution < 1.29 is 9.32 Å². The first-order valence-corrected chi connectivity index (χ1v) is 7.18. The number of nitrogens with one attached hydrogen (secondary N) is 1. The summed E-state index contributed by atoms with van der Waals surface area (Å²) < 4.78 is 5.35. The number of aromatic nitrogens is 2. The van der Waals surface area contributed by atoms with Gasteiger partial charge in [-0.3, -0.25) is 4.79 Å². The molecule has 3 N–H and O–H groups in total. The van der Waals surface area contributed by atoms with E-state index in [4.69, 9.17) is 10.3 Å². The van der Waals surface area contributed by atoms with Crippen LogP contribution in [0, 0.1) is 0 Å². The number of nitrogens with two attached hydrogens (primary N) is 1. The van der Waals surface area contributed by atoms with E-state index in [1.807, 2.05) is 24.3 Å². The summed E-state index contributed by atoms with van der Waals surface area (Å²) in [5.41, 5.74) is 7.32. The molecule has 0 bridgehead atoms. The third kappa shape index (κ3) is 2.16. The topological polar surface area (TPSA) is 94.0 Å². The van der Waals surface area contributed by atoms with Crippen molar-refractivity contribution in [1.82, 2.24) is 15.5 Å². The fourth-order valence-corrected chi connectivity index (χ4v) is 2.54. The highest BCUT2D eigenvalue weighted by Crippen LogP contribution is 2.52. The van der Waals surface area contributed by atoms with E-state index in [2.05, 4.69) is 15.5 Å². The summed E-state index contributed by atoms with van der Waals surface area (Å²) in [6.45, 7) is 0. The van der Waals surface area contributed by atoms with Gasteiger partial charge in [0.2, 0.25) is 5.89 Å². The van der Waals surface area contributed by atoms with E-state index in [-0.39, 0.29) is 23.2 Å². The van der Waals surface area contributed by atoms with Crippen LogP contribution in [0.1, 0.15) is 47.8 Å². The maximum absolute atomic E-state index is 11.9. The summed E-state index contributed by atoms with van der Waals surface area (Å²) >= 11 is 0. The number of hydrogen-bond acceptors (Lipinski definition) is 5. The molecule has 1 heterocycles. The van der Waals surface area contributed by atoms with Crippen molar-refractivity contribution in [3.8, 4) is 0 Å². The normalized spacial score (nSPS) is 19.2. The molecule has 4 rings (SSSR count). The minimum Gasteiger partial charge on any atom is -0.399 e. The quantitative estimate of drug-likeness (QED) is 0.832. The Morgan fingerprint density at radius 3 is 2.62 bits per heavy atom. The van der Waals surface area contributed by atoms with Gasteiger partial charge in [0.25, 0.3) is 11.7 Å². The molecule has 6 nitrogen and oxygen atoms in total. The first-order valence-electron chi connectivity index (χ1n) is 7.18. The molecule has 2 aliphatic carbocycles. The predicted molar refractivity (Wildman–Crippen MR) is 75.7 cm³/mol. The molecule has 1 amide bonds. The molecule has 0 atom stereocenters. The molecule has 108 valence electrons. The lowest BCUT2D eigenvalue weighted by atomic mass is 9.96. The highest BCUT2D eigenvalue weighted by Gasteiger charge is 2.51. The number of rotatable bonds is 4. The van der Waals surface area contributed by atoms with Crippen LogP contribution >= 0.6 is 0 Å². The van der Waals surface area contributed by atoms with Gasteiger partial charge < -0.3 is 15.6 Å². The molecule has 21 heavy (non-hydrogen) atoms. The first kappa shape index (κ1) is 12.4. The predicted octanol–water partition coefficient (Wildman–Crippen LogP) is 1.62. The van der Waals surface area contributed by atoms with Crippen LogP contribution in [0.2, 0.25) is 0 Å². The number of hydrogen-bond donors (Lipinski definition) is 2. The second-order valence-corrected chi connectivity index (χ2v) is 5.87. The summed E-state index contributed by atoms with van der Waals surface area (Å²) in [6, 6.07) is 7.98. The highest BCUT2D eigenvalue weighted by molar-refractivity contribution is 5.90. The molecule has 0 unspecified atom stereocenters. The van der Waals surface area contributed by atoms with E-state index < -0.39 is 0 Å². The minimum absolute atomic E-state index is 0.124. The van der Waals surface area contributed by atoms with Crippen molar-refractivity contribution >= 4 is 11.6 Å². The molecule has 1 aromatic carbocycles. The smallest absolute Gasteiger partial charge is 0.292 e. The Bertz CT molecular complexity index is 684. The molecule has 6 heteroatoms. The summed E-state index contributed by atoms with van der Waals surface area (Å²) in [4.78, 5) is 16.2. The Balaban J connectivity index is 1.59. The van der Waals surface area contributed by atoms with Gasteiger partial charge in [-0.05, 0) is 43.4 Å². The van der Waals surface area contributed by atoms with Gasteiger partial charge in [0.15, 0.2) is 0 Å². The van der Waals surface area contributed by atoms with Gasteiger partial charge in [-0.2, -0.15) is 4.98 Å². The van der Waals surface area contributed by atoms with Crippen molar-refractivity contribution in [3.05, 3.63) is 41.5 Å². The van der Waals surface area contributed by atoms with Crippen LogP contribution in [0.3, 0.4) is 0 Å². The Morgan fingerprint density at radius 1 is 1.29 bits per heavy atom. The van der Waals surface area contributed by atoms with Gasteiger partial charge in [-0.1, -0.05) is 17.3 Å². The average Bonchev–Trinajstić information content (AvgIpc) is 3.40. The number of benzene rings is 1. The zero-order valence-corrected chi connectivity index (χ0v) is 11.5. The standard InChI is InChI=1S/C15H16N4O2/c16-10-3-1-9(2-4-10)15(7-8-15)14-18-12(19-21-14)13(20)17-11-5-6-11/h1-4,11H,5-8,16H2,(H,17,20). The fourth-order valence-electron chi connectivity index (χ4n) is 2.54. The van der Waals surface area contributed by atoms with E-state index in [1.54, 1.807) is 0 Å². The van der Waals surface area contributed by atoms with E-state index in [0.29, 0.717) is 5.89 Å². The summed E-state index contributed by atoms with van der Waals surface area (Å²) in [6.07, 6.45) is 3.96. The molecule has 1 aromatic heterocycles. The van der Waals surface area contributed by atoms with Gasteiger partial charge in [0, 0.05) is 11.7 Å². The molecule has 0 aliphatic heterocycles. The van der Waals surface area contributed by atoms with Crippen LogP contribution in [0.5, 0.6) is 0 Å². The summed E-state index contributed by atoms with van der Waals surface area (Å²) in [5.74, 6) is 0.396. The van der Waals surface area contributed by atoms with Gasteiger partial charge in [0.05, 0.1) is 5.41 Å². The Kier molecular flexibility index (Phi) is 2.54. The zero-order valence-electron chi connectivity index (χ0n) is 11.5. The van der Waals surface area contributed by atoms with Gasteiger partial charge >= 0.3 is 0 Å². The van der Waals surface area contributed by atoms with Crippen molar-refractivity contribution in [1.29, 1.82) is 0 Å². The van der Waals surface area contributed by atoms with Crippen molar-refractivity contribution in [2.24, 2.45) is 0 Å². The van der Waals surface area contributed by atoms with Crippen LogP contribution in [-0.2, 0) is 5.41 Å². The summed E-state index contributed by atoms with van der Waals surface area (Å²) in [5, 5.41) is 6.69. The number of anilines is 1. The van der Waals surface area contributed by atoms with Crippen molar-refractivity contribution in [2.75, 3.05) is 5.73 Å². The van der Waals surface area contributed by atoms with E-state index in [1.165, 1.54) is 0 Å². The van der Waals surface area contributed by atoms with Gasteiger partial charge in [-0.15, -0.1) is 0 Å². The minimum atomic E-state index is -0.249. The number of nitrogen functional groups attached to an aromatic ring is 1. The zero-order chi connectivity index (χ0) is 14.4. The molecule has 0 saturated heterocycles. The summed E-state index contributed by atoms with van der Waals surface area (Å²) in [7, 11) is 0.